The molecule has 1 saturated heterocycles. The van der Waals surface area contributed by atoms with Crippen molar-refractivity contribution in [1.82, 2.24) is 4.72 Å². The minimum Gasteiger partial charge on any atom is -0.396 e. The molecule has 1 aliphatic heterocycles. The van der Waals surface area contributed by atoms with Crippen LogP contribution in [0.2, 0.25) is 0 Å². The molecule has 0 aliphatic carbocycles. The number of hydrogen-bond donors (Lipinski definition) is 2. The van der Waals surface area contributed by atoms with Gasteiger partial charge in [-0.2, -0.15) is 5.26 Å². The molecular weight excluding hydrogens is 402 g/mol. The molecule has 1 fully saturated rings. The summed E-state index contributed by atoms with van der Waals surface area (Å²) in [5, 5.41) is 20.6. The zero-order valence-corrected chi connectivity index (χ0v) is 18.1. The molecule has 0 saturated carbocycles. The van der Waals surface area contributed by atoms with E-state index in [4.69, 9.17) is 9.84 Å². The van der Waals surface area contributed by atoms with Crippen molar-refractivity contribution < 1.29 is 18.3 Å². The van der Waals surface area contributed by atoms with Gasteiger partial charge >= 0.3 is 0 Å². The van der Waals surface area contributed by atoms with Crippen LogP contribution < -0.4 is 9.62 Å². The van der Waals surface area contributed by atoms with Gasteiger partial charge in [-0.1, -0.05) is 25.1 Å². The summed E-state index contributed by atoms with van der Waals surface area (Å²) in [6.45, 7) is 6.45. The molecule has 7 nitrogen and oxygen atoms in total. The van der Waals surface area contributed by atoms with Gasteiger partial charge < -0.3 is 14.7 Å². The average molecular weight is 430 g/mol. The molecule has 0 amide bonds. The summed E-state index contributed by atoms with van der Waals surface area (Å²) >= 11 is 0. The third kappa shape index (κ3) is 4.99. The summed E-state index contributed by atoms with van der Waals surface area (Å²) < 4.78 is 33.0. The van der Waals surface area contributed by atoms with E-state index in [1.54, 1.807) is 13.8 Å². The van der Waals surface area contributed by atoms with Crippen molar-refractivity contribution in [2.24, 2.45) is 5.92 Å². The Morgan fingerprint density at radius 1 is 1.23 bits per heavy atom. The quantitative estimate of drug-likeness (QED) is 0.656. The third-order valence-corrected chi connectivity index (χ3v) is 6.76. The summed E-state index contributed by atoms with van der Waals surface area (Å²) in [5.74, 6) is -0.235. The van der Waals surface area contributed by atoms with Gasteiger partial charge in [0.1, 0.15) is 6.07 Å². The van der Waals surface area contributed by atoms with Crippen LogP contribution in [0.4, 0.5) is 5.69 Å². The first kappa shape index (κ1) is 22.2. The van der Waals surface area contributed by atoms with E-state index >= 15 is 0 Å². The maximum Gasteiger partial charge on any atom is 0.251 e. The number of benzene rings is 2. The Morgan fingerprint density at radius 3 is 2.57 bits per heavy atom. The Balaban J connectivity index is 1.91. The Kier molecular flexibility index (Phi) is 7.10. The fourth-order valence-electron chi connectivity index (χ4n) is 3.35. The van der Waals surface area contributed by atoms with E-state index in [0.29, 0.717) is 11.1 Å². The van der Waals surface area contributed by atoms with E-state index in [9.17, 15) is 13.7 Å². The number of anilines is 1. The summed E-state index contributed by atoms with van der Waals surface area (Å²) in [4.78, 5) is 1.97. The van der Waals surface area contributed by atoms with Gasteiger partial charge in [0.05, 0.1) is 13.2 Å². The predicted octanol–water partition coefficient (Wildman–Crippen LogP) is 2.48. The number of ether oxygens (including phenoxy) is 1. The number of allylic oxidation sites excluding steroid dienone is 2. The standard InChI is InChI=1S/C22H27N3O4S/c1-16(15-26)14-24-30(27,28)22(13-23)17(2)18-3-4-20-12-21(6-5-19(20)11-18)25-7-9-29-10-8-25/h3-6,11-12,16,24,26H,7-10,14-15H2,1-2H3/b22-17+. The van der Waals surface area contributed by atoms with Crippen LogP contribution in [0.15, 0.2) is 41.3 Å². The fraction of sp³-hybridized carbons (Fsp3) is 0.409. The van der Waals surface area contributed by atoms with Gasteiger partial charge in [0.25, 0.3) is 10.0 Å². The number of hydrogen-bond acceptors (Lipinski definition) is 6. The molecule has 3 rings (SSSR count). The first-order chi connectivity index (χ1) is 14.4. The number of fused-ring (bicyclic) bond motifs is 1. The Morgan fingerprint density at radius 2 is 1.90 bits per heavy atom. The number of morpholine rings is 1. The van der Waals surface area contributed by atoms with Crippen molar-refractivity contribution in [3.05, 3.63) is 46.9 Å². The Hall–Kier alpha value is -2.44. The van der Waals surface area contributed by atoms with Crippen LogP contribution in [0.1, 0.15) is 19.4 Å². The number of nitrogens with one attached hydrogen (secondary N) is 1. The molecule has 8 heteroatoms. The highest BCUT2D eigenvalue weighted by Crippen LogP contribution is 2.28. The topological polar surface area (TPSA) is 103 Å². The van der Waals surface area contributed by atoms with Crippen LogP contribution in [0.5, 0.6) is 0 Å². The summed E-state index contributed by atoms with van der Waals surface area (Å²) in [6.07, 6.45) is 0. The molecule has 1 unspecified atom stereocenters. The number of nitrogens with zero attached hydrogens (tertiary/aromatic N) is 2. The van der Waals surface area contributed by atoms with Crippen LogP contribution in [0.3, 0.4) is 0 Å². The first-order valence-corrected chi connectivity index (χ1v) is 11.4. The first-order valence-electron chi connectivity index (χ1n) is 9.94. The van der Waals surface area contributed by atoms with E-state index in [-0.39, 0.29) is 24.0 Å². The van der Waals surface area contributed by atoms with E-state index < -0.39 is 10.0 Å². The number of nitriles is 1. The molecule has 1 heterocycles. The van der Waals surface area contributed by atoms with E-state index in [2.05, 4.69) is 21.8 Å². The monoisotopic (exact) mass is 429 g/mol. The molecule has 1 atom stereocenters. The van der Waals surface area contributed by atoms with Crippen LogP contribution in [0, 0.1) is 17.2 Å². The lowest BCUT2D eigenvalue weighted by Crippen LogP contribution is -2.36. The summed E-state index contributed by atoms with van der Waals surface area (Å²) in [6, 6.07) is 13.7. The zero-order chi connectivity index (χ0) is 21.7. The van der Waals surface area contributed by atoms with Gasteiger partial charge in [-0.05, 0) is 52.9 Å². The van der Waals surface area contributed by atoms with Crippen molar-refractivity contribution in [3.8, 4) is 6.07 Å². The minimum atomic E-state index is -3.96. The van der Waals surface area contributed by atoms with Gasteiger partial charge in [-0.3, -0.25) is 0 Å². The lowest BCUT2D eigenvalue weighted by molar-refractivity contribution is 0.122. The van der Waals surface area contributed by atoms with Gasteiger partial charge in [-0.15, -0.1) is 0 Å². The lowest BCUT2D eigenvalue weighted by Gasteiger charge is -2.29. The molecule has 0 radical (unpaired) electrons. The third-order valence-electron chi connectivity index (χ3n) is 5.28. The highest BCUT2D eigenvalue weighted by Gasteiger charge is 2.22. The normalized spacial score (nSPS) is 16.8. The molecule has 2 aromatic carbocycles. The highest BCUT2D eigenvalue weighted by atomic mass is 32.2. The van der Waals surface area contributed by atoms with Gasteiger partial charge in [0.2, 0.25) is 0 Å². The lowest BCUT2D eigenvalue weighted by atomic mass is 10.0. The number of rotatable bonds is 7. The molecule has 0 spiro atoms. The summed E-state index contributed by atoms with van der Waals surface area (Å²) in [5.41, 5.74) is 2.20. The van der Waals surface area contributed by atoms with Crippen molar-refractivity contribution >= 4 is 32.1 Å². The number of aliphatic hydroxyl groups is 1. The van der Waals surface area contributed by atoms with Crippen molar-refractivity contribution in [1.29, 1.82) is 5.26 Å². The molecule has 1 aliphatic rings. The second-order valence-electron chi connectivity index (χ2n) is 7.55. The van der Waals surface area contributed by atoms with Crippen molar-refractivity contribution in [2.45, 2.75) is 13.8 Å². The molecule has 2 aromatic rings. The van der Waals surface area contributed by atoms with Crippen LogP contribution >= 0.6 is 0 Å². The van der Waals surface area contributed by atoms with Crippen LogP contribution in [-0.2, 0) is 14.8 Å². The second-order valence-corrected chi connectivity index (χ2v) is 9.26. The minimum absolute atomic E-state index is 0.0688. The van der Waals surface area contributed by atoms with Gasteiger partial charge in [0.15, 0.2) is 4.91 Å². The van der Waals surface area contributed by atoms with Crippen LogP contribution in [-0.4, -0.2) is 53.0 Å². The van der Waals surface area contributed by atoms with Crippen molar-refractivity contribution in [3.63, 3.8) is 0 Å². The smallest absolute Gasteiger partial charge is 0.251 e. The Labute approximate surface area is 177 Å². The second kappa shape index (κ2) is 9.58. The van der Waals surface area contributed by atoms with E-state index in [1.165, 1.54) is 0 Å². The predicted molar refractivity (Wildman–Crippen MR) is 118 cm³/mol. The Bertz CT molecular complexity index is 1080. The maximum atomic E-state index is 12.6. The number of sulfonamides is 1. The van der Waals surface area contributed by atoms with Gasteiger partial charge in [0, 0.05) is 31.9 Å². The van der Waals surface area contributed by atoms with Crippen molar-refractivity contribution in [2.75, 3.05) is 44.4 Å². The van der Waals surface area contributed by atoms with Crippen LogP contribution in [0.25, 0.3) is 16.3 Å². The molecule has 0 bridgehead atoms. The average Bonchev–Trinajstić information content (AvgIpc) is 2.77. The van der Waals surface area contributed by atoms with Gasteiger partial charge in [-0.25, -0.2) is 13.1 Å². The van der Waals surface area contributed by atoms with E-state index in [1.807, 2.05) is 30.3 Å². The maximum absolute atomic E-state index is 12.6. The molecular formula is C22H27N3O4S. The molecule has 2 N–H and O–H groups in total. The zero-order valence-electron chi connectivity index (χ0n) is 17.3. The largest absolute Gasteiger partial charge is 0.396 e. The fourth-order valence-corrected chi connectivity index (χ4v) is 4.64. The molecule has 160 valence electrons. The molecule has 0 aromatic heterocycles. The molecule has 30 heavy (non-hydrogen) atoms. The highest BCUT2D eigenvalue weighted by molar-refractivity contribution is 7.93. The number of aliphatic hydroxyl groups excluding tert-OH is 1. The SMILES string of the molecule is C/C(=C(/C#N)S(=O)(=O)NCC(C)CO)c1ccc2cc(N3CCOCC3)ccc2c1. The summed E-state index contributed by atoms with van der Waals surface area (Å²) in [7, 11) is -3.96. The van der Waals surface area contributed by atoms with E-state index in [0.717, 1.165) is 42.8 Å².